The lowest BCUT2D eigenvalue weighted by molar-refractivity contribution is -0.140. The lowest BCUT2D eigenvalue weighted by atomic mass is 10.1. The van der Waals surface area contributed by atoms with Crippen LogP contribution in [0.1, 0.15) is 50.7 Å². The Hall–Kier alpha value is -2.39. The molecule has 0 saturated carbocycles. The minimum Gasteiger partial charge on any atom is -0.469 e. The van der Waals surface area contributed by atoms with E-state index in [-0.39, 0.29) is 5.97 Å². The second kappa shape index (κ2) is 12.4. The number of ether oxygens (including phenoxy) is 1. The summed E-state index contributed by atoms with van der Waals surface area (Å²) in [5.74, 6) is 11.7. The molecule has 0 aliphatic carbocycles. The van der Waals surface area contributed by atoms with Gasteiger partial charge < -0.3 is 9.15 Å². The molecule has 0 unspecified atom stereocenters. The number of methoxy groups -OCH3 is 1. The molecule has 0 aliphatic heterocycles. The first-order chi connectivity index (χ1) is 10.8. The Kier molecular flexibility index (Phi) is 9.92. The van der Waals surface area contributed by atoms with Crippen LogP contribution in [0.15, 0.2) is 35.0 Å². The van der Waals surface area contributed by atoms with Crippen LogP contribution < -0.4 is 0 Å². The highest BCUT2D eigenvalue weighted by Crippen LogP contribution is 2.07. The van der Waals surface area contributed by atoms with Gasteiger partial charge in [0.1, 0.15) is 0 Å². The molecule has 0 bridgehead atoms. The molecular weight excluding hydrogens is 276 g/mol. The summed E-state index contributed by atoms with van der Waals surface area (Å²) in [4.78, 5) is 10.9. The van der Waals surface area contributed by atoms with Crippen molar-refractivity contribution in [3.8, 4) is 23.7 Å². The van der Waals surface area contributed by atoms with E-state index in [9.17, 15) is 4.79 Å². The second-order valence-electron chi connectivity index (χ2n) is 4.78. The van der Waals surface area contributed by atoms with Gasteiger partial charge in [-0.25, -0.2) is 0 Å². The molecule has 0 aromatic carbocycles. The maximum absolute atomic E-state index is 10.9. The average molecular weight is 298 g/mol. The summed E-state index contributed by atoms with van der Waals surface area (Å²) in [7, 11) is 1.43. The molecule has 0 radical (unpaired) electrons. The Bertz CT molecular complexity index is 559. The maximum atomic E-state index is 10.9. The van der Waals surface area contributed by atoms with Gasteiger partial charge in [0.05, 0.1) is 13.4 Å². The molecule has 22 heavy (non-hydrogen) atoms. The van der Waals surface area contributed by atoms with Crippen LogP contribution in [0, 0.1) is 23.7 Å². The third kappa shape index (κ3) is 9.50. The van der Waals surface area contributed by atoms with Gasteiger partial charge in [-0.1, -0.05) is 31.3 Å². The van der Waals surface area contributed by atoms with Crippen LogP contribution in [0.5, 0.6) is 0 Å². The smallest absolute Gasteiger partial charge is 0.305 e. The molecule has 1 heterocycles. The third-order valence-electron chi connectivity index (χ3n) is 3.02. The van der Waals surface area contributed by atoms with E-state index >= 15 is 0 Å². The minimum atomic E-state index is -0.114. The number of esters is 1. The number of unbranched alkanes of at least 4 members (excludes halogenated alkanes) is 5. The normalized spacial score (nSPS) is 9.68. The number of furan rings is 1. The van der Waals surface area contributed by atoms with Gasteiger partial charge >= 0.3 is 5.97 Å². The summed E-state index contributed by atoms with van der Waals surface area (Å²) in [6, 6.07) is 3.60. The highest BCUT2D eigenvalue weighted by Gasteiger charge is 1.98. The number of hydrogen-bond donors (Lipinski definition) is 0. The van der Waals surface area contributed by atoms with E-state index in [1.165, 1.54) is 13.5 Å². The minimum absolute atomic E-state index is 0.114. The van der Waals surface area contributed by atoms with E-state index in [4.69, 9.17) is 4.42 Å². The SMILES string of the molecule is COC(=O)CCCCCCCC=CC#CC#Cc1ccco1. The van der Waals surface area contributed by atoms with E-state index in [2.05, 4.69) is 34.5 Å². The summed E-state index contributed by atoms with van der Waals surface area (Å²) in [6.07, 6.45) is 12.5. The van der Waals surface area contributed by atoms with Gasteiger partial charge in [0.15, 0.2) is 5.76 Å². The zero-order valence-electron chi connectivity index (χ0n) is 13.1. The summed E-state index contributed by atoms with van der Waals surface area (Å²) >= 11 is 0. The van der Waals surface area contributed by atoms with Crippen LogP contribution in [-0.2, 0) is 9.53 Å². The number of hydrogen-bond acceptors (Lipinski definition) is 3. The van der Waals surface area contributed by atoms with Crippen molar-refractivity contribution >= 4 is 5.97 Å². The van der Waals surface area contributed by atoms with Crippen molar-refractivity contribution in [2.24, 2.45) is 0 Å². The Morgan fingerprint density at radius 3 is 2.82 bits per heavy atom. The van der Waals surface area contributed by atoms with Crippen LogP contribution >= 0.6 is 0 Å². The molecule has 0 fully saturated rings. The summed E-state index contributed by atoms with van der Waals surface area (Å²) in [5, 5.41) is 0. The Balaban J connectivity index is 1.97. The monoisotopic (exact) mass is 298 g/mol. The van der Waals surface area contributed by atoms with E-state index in [0.29, 0.717) is 12.2 Å². The molecule has 1 aromatic rings. The van der Waals surface area contributed by atoms with Gasteiger partial charge in [0, 0.05) is 6.42 Å². The van der Waals surface area contributed by atoms with Crippen LogP contribution in [0.4, 0.5) is 0 Å². The third-order valence-corrected chi connectivity index (χ3v) is 3.02. The molecule has 3 nitrogen and oxygen atoms in total. The van der Waals surface area contributed by atoms with Crippen LogP contribution in [-0.4, -0.2) is 13.1 Å². The standard InChI is InChI=1S/C19H22O3/c1-21-19(20)16-12-10-8-6-4-2-3-5-7-9-11-14-18-15-13-17-22-18/h3,5,13,15,17H,2,4,6,8,10,12,16H2,1H3. The molecule has 1 aromatic heterocycles. The number of allylic oxidation sites excluding steroid dienone is 2. The summed E-state index contributed by atoms with van der Waals surface area (Å²) in [6.45, 7) is 0. The van der Waals surface area contributed by atoms with Gasteiger partial charge in [-0.15, -0.1) is 0 Å². The topological polar surface area (TPSA) is 39.4 Å². The molecule has 3 heteroatoms. The fourth-order valence-electron chi connectivity index (χ4n) is 1.83. The molecule has 0 amide bonds. The van der Waals surface area contributed by atoms with E-state index in [1.54, 1.807) is 18.4 Å². The predicted octanol–water partition coefficient (Wildman–Crippen LogP) is 4.09. The van der Waals surface area contributed by atoms with Crippen molar-refractivity contribution in [2.75, 3.05) is 7.11 Å². The Labute approximate surface area is 132 Å². The van der Waals surface area contributed by atoms with Crippen LogP contribution in [0.3, 0.4) is 0 Å². The van der Waals surface area contributed by atoms with Crippen LogP contribution in [0.2, 0.25) is 0 Å². The van der Waals surface area contributed by atoms with E-state index < -0.39 is 0 Å². The molecule has 0 atom stereocenters. The molecular formula is C19H22O3. The lowest BCUT2D eigenvalue weighted by Crippen LogP contribution is -1.98. The Morgan fingerprint density at radius 1 is 1.23 bits per heavy atom. The van der Waals surface area contributed by atoms with Crippen molar-refractivity contribution in [2.45, 2.75) is 44.9 Å². The molecule has 0 N–H and O–H groups in total. The highest BCUT2D eigenvalue weighted by atomic mass is 16.5. The van der Waals surface area contributed by atoms with Gasteiger partial charge in [-0.2, -0.15) is 0 Å². The Morgan fingerprint density at radius 2 is 2.05 bits per heavy atom. The summed E-state index contributed by atoms with van der Waals surface area (Å²) in [5.41, 5.74) is 0. The molecule has 116 valence electrons. The van der Waals surface area contributed by atoms with Gasteiger partial charge in [-0.3, -0.25) is 4.79 Å². The largest absolute Gasteiger partial charge is 0.469 e. The quantitative estimate of drug-likeness (QED) is 0.412. The first-order valence-corrected chi connectivity index (χ1v) is 7.60. The highest BCUT2D eigenvalue weighted by molar-refractivity contribution is 5.68. The summed E-state index contributed by atoms with van der Waals surface area (Å²) < 4.78 is 9.66. The zero-order chi connectivity index (χ0) is 15.9. The van der Waals surface area contributed by atoms with Crippen molar-refractivity contribution in [1.29, 1.82) is 0 Å². The van der Waals surface area contributed by atoms with Gasteiger partial charge in [0.2, 0.25) is 0 Å². The molecule has 1 rings (SSSR count). The van der Waals surface area contributed by atoms with E-state index in [1.807, 2.05) is 6.08 Å². The fourth-order valence-corrected chi connectivity index (χ4v) is 1.83. The van der Waals surface area contributed by atoms with Crippen molar-refractivity contribution in [3.63, 3.8) is 0 Å². The number of carbonyl (C=O) groups is 1. The lowest BCUT2D eigenvalue weighted by Gasteiger charge is -1.99. The van der Waals surface area contributed by atoms with Crippen molar-refractivity contribution in [3.05, 3.63) is 36.3 Å². The number of carbonyl (C=O) groups excluding carboxylic acids is 1. The van der Waals surface area contributed by atoms with E-state index in [0.717, 1.165) is 32.1 Å². The fraction of sp³-hybridized carbons (Fsp3) is 0.421. The molecule has 0 spiro atoms. The molecule has 0 saturated heterocycles. The average Bonchev–Trinajstić information content (AvgIpc) is 3.04. The maximum Gasteiger partial charge on any atom is 0.305 e. The molecule has 0 aliphatic rings. The van der Waals surface area contributed by atoms with Gasteiger partial charge in [-0.05, 0) is 55.2 Å². The van der Waals surface area contributed by atoms with Crippen LogP contribution in [0.25, 0.3) is 0 Å². The first-order valence-electron chi connectivity index (χ1n) is 7.60. The first kappa shape index (κ1) is 17.7. The van der Waals surface area contributed by atoms with Crippen molar-refractivity contribution < 1.29 is 13.9 Å². The zero-order valence-corrected chi connectivity index (χ0v) is 13.1. The predicted molar refractivity (Wildman–Crippen MR) is 86.8 cm³/mol. The number of rotatable bonds is 8. The van der Waals surface area contributed by atoms with Gasteiger partial charge in [0.25, 0.3) is 0 Å². The second-order valence-corrected chi connectivity index (χ2v) is 4.78. The van der Waals surface area contributed by atoms with Crippen molar-refractivity contribution in [1.82, 2.24) is 0 Å².